The Morgan fingerprint density at radius 2 is 2.10 bits per heavy atom. The van der Waals surface area contributed by atoms with E-state index in [4.69, 9.17) is 15.2 Å². The maximum atomic E-state index is 9.14. The molecule has 0 aliphatic carbocycles. The summed E-state index contributed by atoms with van der Waals surface area (Å²) in [5.41, 5.74) is 2.50. The number of rotatable bonds is 10. The van der Waals surface area contributed by atoms with Crippen molar-refractivity contribution in [2.45, 2.75) is 71.4 Å². The highest BCUT2D eigenvalue weighted by Gasteiger charge is 2.25. The number of unbranched alkanes of at least 4 members (excludes halogenated alkanes) is 1. The first-order valence-corrected chi connectivity index (χ1v) is 11.3. The van der Waals surface area contributed by atoms with Crippen molar-refractivity contribution in [3.05, 3.63) is 41.6 Å². The van der Waals surface area contributed by atoms with Gasteiger partial charge in [0.05, 0.1) is 11.6 Å². The highest BCUT2D eigenvalue weighted by atomic mass is 15.3. The number of benzene rings is 1. The predicted octanol–water partition coefficient (Wildman–Crippen LogP) is 4.79. The molecule has 6 nitrogen and oxygen atoms in total. The molecule has 6 heteroatoms. The molecule has 0 amide bonds. The average Bonchev–Trinajstić information content (AvgIpc) is 3.21. The van der Waals surface area contributed by atoms with E-state index in [0.717, 1.165) is 49.6 Å². The molecular weight excluding hydrogens is 372 g/mol. The smallest absolute Gasteiger partial charge is 0.229 e. The molecule has 1 aliphatic heterocycles. The molecule has 0 saturated carbocycles. The van der Waals surface area contributed by atoms with E-state index in [1.807, 2.05) is 18.2 Å². The predicted molar refractivity (Wildman–Crippen MR) is 123 cm³/mol. The summed E-state index contributed by atoms with van der Waals surface area (Å²) in [6.07, 6.45) is 6.86. The number of hydrogen-bond acceptors (Lipinski definition) is 6. The van der Waals surface area contributed by atoms with Crippen molar-refractivity contribution in [1.82, 2.24) is 15.3 Å². The molecule has 3 rings (SSSR count). The van der Waals surface area contributed by atoms with Crippen LogP contribution in [-0.4, -0.2) is 35.1 Å². The van der Waals surface area contributed by atoms with Crippen molar-refractivity contribution in [1.29, 1.82) is 5.26 Å². The van der Waals surface area contributed by atoms with E-state index in [9.17, 15) is 0 Å². The molecule has 160 valence electrons. The molecule has 0 radical (unpaired) electrons. The van der Waals surface area contributed by atoms with Gasteiger partial charge in [-0.2, -0.15) is 10.2 Å². The van der Waals surface area contributed by atoms with Crippen molar-refractivity contribution in [3.8, 4) is 6.07 Å². The summed E-state index contributed by atoms with van der Waals surface area (Å²) >= 11 is 0. The van der Waals surface area contributed by atoms with Gasteiger partial charge in [-0.3, -0.25) is 0 Å². The third kappa shape index (κ3) is 6.17. The van der Waals surface area contributed by atoms with E-state index in [-0.39, 0.29) is 0 Å². The van der Waals surface area contributed by atoms with Crippen LogP contribution in [-0.2, 0) is 6.42 Å². The fraction of sp³-hybridized carbons (Fsp3) is 0.542. The van der Waals surface area contributed by atoms with E-state index in [1.54, 1.807) is 6.07 Å². The summed E-state index contributed by atoms with van der Waals surface area (Å²) in [5.74, 6) is 1.58. The molecule has 1 aromatic carbocycles. The van der Waals surface area contributed by atoms with E-state index in [1.165, 1.54) is 19.3 Å². The average molecular weight is 407 g/mol. The van der Waals surface area contributed by atoms with Gasteiger partial charge in [0, 0.05) is 42.6 Å². The topological polar surface area (TPSA) is 76.9 Å². The summed E-state index contributed by atoms with van der Waals surface area (Å²) in [4.78, 5) is 11.9. The fourth-order valence-electron chi connectivity index (χ4n) is 3.98. The van der Waals surface area contributed by atoms with Gasteiger partial charge in [0.1, 0.15) is 5.82 Å². The molecule has 2 unspecified atom stereocenters. The van der Waals surface area contributed by atoms with Gasteiger partial charge in [-0.05, 0) is 44.4 Å². The second kappa shape index (κ2) is 10.9. The highest BCUT2D eigenvalue weighted by molar-refractivity contribution is 5.58. The number of hydrogen-bond donors (Lipinski definition) is 2. The lowest BCUT2D eigenvalue weighted by Crippen LogP contribution is -2.38. The third-order valence-electron chi connectivity index (χ3n) is 5.54. The quantitative estimate of drug-likeness (QED) is 0.591. The van der Waals surface area contributed by atoms with Crippen LogP contribution in [0.4, 0.5) is 17.5 Å². The molecule has 1 fully saturated rings. The zero-order valence-electron chi connectivity index (χ0n) is 18.5. The Labute approximate surface area is 180 Å². The van der Waals surface area contributed by atoms with Crippen LogP contribution in [0.3, 0.4) is 0 Å². The Bertz CT molecular complexity index is 859. The number of aryl methyl sites for hydroxylation is 1. The van der Waals surface area contributed by atoms with Crippen LogP contribution < -0.4 is 15.5 Å². The number of anilines is 3. The van der Waals surface area contributed by atoms with Crippen molar-refractivity contribution in [2.75, 3.05) is 23.3 Å². The molecule has 0 spiro atoms. The normalized spacial score (nSPS) is 17.0. The second-order valence-electron chi connectivity index (χ2n) is 8.25. The van der Waals surface area contributed by atoms with Crippen LogP contribution in [0.15, 0.2) is 30.3 Å². The minimum absolute atomic E-state index is 0.505. The first kappa shape index (κ1) is 22.0. The Balaban J connectivity index is 1.72. The third-order valence-corrected chi connectivity index (χ3v) is 5.54. The van der Waals surface area contributed by atoms with Crippen LogP contribution in [0.5, 0.6) is 0 Å². The monoisotopic (exact) mass is 406 g/mol. The largest absolute Gasteiger partial charge is 0.355 e. The molecule has 1 saturated heterocycles. The number of nitriles is 1. The lowest BCUT2D eigenvalue weighted by molar-refractivity contribution is 0.436. The van der Waals surface area contributed by atoms with Crippen molar-refractivity contribution >= 4 is 17.5 Å². The van der Waals surface area contributed by atoms with Crippen LogP contribution >= 0.6 is 0 Å². The lowest BCUT2D eigenvalue weighted by atomic mass is 10.1. The van der Waals surface area contributed by atoms with Crippen molar-refractivity contribution in [2.24, 2.45) is 0 Å². The van der Waals surface area contributed by atoms with Gasteiger partial charge in [-0.15, -0.1) is 0 Å². The number of nitrogens with one attached hydrogen (secondary N) is 2. The Morgan fingerprint density at radius 3 is 2.87 bits per heavy atom. The second-order valence-corrected chi connectivity index (χ2v) is 8.25. The fourth-order valence-corrected chi connectivity index (χ4v) is 3.98. The van der Waals surface area contributed by atoms with Gasteiger partial charge in [-0.25, -0.2) is 4.98 Å². The van der Waals surface area contributed by atoms with E-state index in [0.29, 0.717) is 23.6 Å². The molecule has 2 N–H and O–H groups in total. The molecule has 30 heavy (non-hydrogen) atoms. The first-order chi connectivity index (χ1) is 14.6. The van der Waals surface area contributed by atoms with E-state index < -0.39 is 0 Å². The molecule has 2 heterocycles. The van der Waals surface area contributed by atoms with Gasteiger partial charge >= 0.3 is 0 Å². The summed E-state index contributed by atoms with van der Waals surface area (Å²) in [7, 11) is 0. The van der Waals surface area contributed by atoms with Crippen LogP contribution in [0.1, 0.15) is 64.1 Å². The summed E-state index contributed by atoms with van der Waals surface area (Å²) in [6, 6.07) is 12.8. The van der Waals surface area contributed by atoms with Gasteiger partial charge in [0.2, 0.25) is 5.95 Å². The first-order valence-electron chi connectivity index (χ1n) is 11.3. The molecule has 1 aliphatic rings. The molecule has 0 bridgehead atoms. The Morgan fingerprint density at radius 1 is 1.23 bits per heavy atom. The molecule has 1 aromatic heterocycles. The van der Waals surface area contributed by atoms with Crippen LogP contribution in [0, 0.1) is 11.3 Å². The summed E-state index contributed by atoms with van der Waals surface area (Å²) < 4.78 is 0. The van der Waals surface area contributed by atoms with E-state index in [2.05, 4.69) is 48.4 Å². The zero-order chi connectivity index (χ0) is 21.3. The minimum Gasteiger partial charge on any atom is -0.355 e. The zero-order valence-corrected chi connectivity index (χ0v) is 18.5. The maximum Gasteiger partial charge on any atom is 0.229 e. The molecular formula is C24H34N6. The molecule has 2 atom stereocenters. The number of aromatic nitrogens is 2. The number of nitrogens with zero attached hydrogens (tertiary/aromatic N) is 4. The highest BCUT2D eigenvalue weighted by Crippen LogP contribution is 2.23. The van der Waals surface area contributed by atoms with E-state index >= 15 is 0 Å². The lowest BCUT2D eigenvalue weighted by Gasteiger charge is -2.22. The van der Waals surface area contributed by atoms with Gasteiger partial charge in [0.25, 0.3) is 0 Å². The maximum absolute atomic E-state index is 9.14. The van der Waals surface area contributed by atoms with Crippen molar-refractivity contribution in [3.63, 3.8) is 0 Å². The Kier molecular flexibility index (Phi) is 8.04. The summed E-state index contributed by atoms with van der Waals surface area (Å²) in [5, 5.41) is 16.2. The summed E-state index contributed by atoms with van der Waals surface area (Å²) in [6.45, 7) is 8.68. The van der Waals surface area contributed by atoms with Gasteiger partial charge in [-0.1, -0.05) is 39.2 Å². The molecule has 2 aromatic rings. The Hall–Kier alpha value is -2.65. The SMILES string of the molecule is CCCCC(C)NC1CCN(c2cc(CCC)nc(Nc3cccc(C#N)c3)n2)C1. The minimum atomic E-state index is 0.505. The van der Waals surface area contributed by atoms with Gasteiger partial charge in [0.15, 0.2) is 0 Å². The van der Waals surface area contributed by atoms with Gasteiger partial charge < -0.3 is 15.5 Å². The van der Waals surface area contributed by atoms with Crippen LogP contribution in [0.25, 0.3) is 0 Å². The van der Waals surface area contributed by atoms with Crippen LogP contribution in [0.2, 0.25) is 0 Å². The van der Waals surface area contributed by atoms with Crippen molar-refractivity contribution < 1.29 is 0 Å². The standard InChI is InChI=1S/C24H34N6/c1-4-6-9-18(3)26-22-12-13-30(17-22)23-15-20(8-5-2)27-24(29-23)28-21-11-7-10-19(14-21)16-25/h7,10-11,14-15,18,22,26H,4-6,8-9,12-13,17H2,1-3H3,(H,27,28,29).